The fourth-order valence-corrected chi connectivity index (χ4v) is 3.01. The topological polar surface area (TPSA) is 60.9 Å². The van der Waals surface area contributed by atoms with Crippen molar-refractivity contribution in [2.75, 3.05) is 5.32 Å². The molecule has 0 spiro atoms. The molecule has 0 aliphatic heterocycles. The van der Waals surface area contributed by atoms with Crippen molar-refractivity contribution in [3.8, 4) is 11.8 Å². The van der Waals surface area contributed by atoms with Crippen LogP contribution in [0.2, 0.25) is 5.02 Å². The van der Waals surface area contributed by atoms with E-state index in [0.717, 1.165) is 29.9 Å². The van der Waals surface area contributed by atoms with Gasteiger partial charge in [0, 0.05) is 28.4 Å². The zero-order chi connectivity index (χ0) is 16.3. The summed E-state index contributed by atoms with van der Waals surface area (Å²) >= 11 is 5.95. The van der Waals surface area contributed by atoms with Crippen LogP contribution in [0.3, 0.4) is 0 Å². The van der Waals surface area contributed by atoms with Crippen LogP contribution in [0.25, 0.3) is 0 Å². The summed E-state index contributed by atoms with van der Waals surface area (Å²) in [7, 11) is 0. The molecule has 1 aliphatic rings. The Morgan fingerprint density at radius 1 is 1.35 bits per heavy atom. The van der Waals surface area contributed by atoms with Crippen LogP contribution in [-0.2, 0) is 0 Å². The van der Waals surface area contributed by atoms with E-state index in [9.17, 15) is 5.11 Å². The van der Waals surface area contributed by atoms with Crippen molar-refractivity contribution in [2.24, 2.45) is 0 Å². The standard InChI is InChI=1S/C18H20ClN3O/c1-13-11-17(22-21-13)20-16-6-9-18(23,10-7-16)8-5-14-3-2-4-15(19)12-14/h2-4,11-12,16,23H,6-7,9-10H2,1H3,(H2,20,21,22). The predicted octanol–water partition coefficient (Wildman–Crippen LogP) is 3.51. The molecule has 0 amide bonds. The number of hydrogen-bond donors (Lipinski definition) is 3. The first-order valence-electron chi connectivity index (χ1n) is 7.82. The van der Waals surface area contributed by atoms with Gasteiger partial charge in [0.25, 0.3) is 0 Å². The minimum Gasteiger partial charge on any atom is -0.378 e. The molecule has 0 radical (unpaired) electrons. The molecule has 4 nitrogen and oxygen atoms in total. The van der Waals surface area contributed by atoms with Gasteiger partial charge in [0.15, 0.2) is 0 Å². The second-order valence-electron chi connectivity index (χ2n) is 6.15. The van der Waals surface area contributed by atoms with Gasteiger partial charge in [-0.05, 0) is 50.8 Å². The maximum atomic E-state index is 10.6. The molecule has 1 fully saturated rings. The predicted molar refractivity (Wildman–Crippen MR) is 92.5 cm³/mol. The lowest BCUT2D eigenvalue weighted by atomic mass is 9.82. The Kier molecular flexibility index (Phi) is 4.61. The largest absolute Gasteiger partial charge is 0.378 e. The molecule has 23 heavy (non-hydrogen) atoms. The van der Waals surface area contributed by atoms with Gasteiger partial charge in [-0.15, -0.1) is 0 Å². The fourth-order valence-electron chi connectivity index (χ4n) is 2.82. The third-order valence-electron chi connectivity index (χ3n) is 4.13. The molecule has 0 unspecified atom stereocenters. The number of rotatable bonds is 2. The molecule has 1 aromatic carbocycles. The van der Waals surface area contributed by atoms with Gasteiger partial charge in [-0.25, -0.2) is 0 Å². The van der Waals surface area contributed by atoms with Crippen LogP contribution >= 0.6 is 11.6 Å². The Morgan fingerprint density at radius 3 is 2.78 bits per heavy atom. The molecular weight excluding hydrogens is 310 g/mol. The minimum absolute atomic E-state index is 0.325. The van der Waals surface area contributed by atoms with Gasteiger partial charge >= 0.3 is 0 Å². The van der Waals surface area contributed by atoms with Gasteiger partial charge in [-0.1, -0.05) is 29.5 Å². The normalized spacial score (nSPS) is 23.9. The second-order valence-corrected chi connectivity index (χ2v) is 6.58. The smallest absolute Gasteiger partial charge is 0.148 e. The van der Waals surface area contributed by atoms with E-state index in [1.807, 2.05) is 37.3 Å². The van der Waals surface area contributed by atoms with Crippen LogP contribution < -0.4 is 5.32 Å². The zero-order valence-electron chi connectivity index (χ0n) is 13.1. The number of aromatic amines is 1. The van der Waals surface area contributed by atoms with Crippen molar-refractivity contribution >= 4 is 17.4 Å². The van der Waals surface area contributed by atoms with Crippen LogP contribution in [0.15, 0.2) is 30.3 Å². The number of halogens is 1. The molecule has 3 N–H and O–H groups in total. The highest BCUT2D eigenvalue weighted by atomic mass is 35.5. The SMILES string of the molecule is Cc1cc(NC2CCC(O)(C#Cc3cccc(Cl)c3)CC2)n[nH]1. The summed E-state index contributed by atoms with van der Waals surface area (Å²) in [6.07, 6.45) is 3.04. The number of aromatic nitrogens is 2. The molecular formula is C18H20ClN3O. The number of anilines is 1. The highest BCUT2D eigenvalue weighted by Gasteiger charge is 2.31. The molecule has 1 aromatic heterocycles. The van der Waals surface area contributed by atoms with Crippen molar-refractivity contribution in [3.05, 3.63) is 46.6 Å². The van der Waals surface area contributed by atoms with Crippen molar-refractivity contribution in [1.82, 2.24) is 10.2 Å². The summed E-state index contributed by atoms with van der Waals surface area (Å²) in [5, 5.41) is 21.8. The van der Waals surface area contributed by atoms with E-state index in [4.69, 9.17) is 11.6 Å². The van der Waals surface area contributed by atoms with Crippen molar-refractivity contribution in [1.29, 1.82) is 0 Å². The highest BCUT2D eigenvalue weighted by Crippen LogP contribution is 2.29. The summed E-state index contributed by atoms with van der Waals surface area (Å²) in [6.45, 7) is 1.98. The number of aryl methyl sites for hydroxylation is 1. The van der Waals surface area contributed by atoms with Gasteiger partial charge in [0.2, 0.25) is 0 Å². The van der Waals surface area contributed by atoms with E-state index in [-0.39, 0.29) is 0 Å². The van der Waals surface area contributed by atoms with E-state index in [1.165, 1.54) is 0 Å². The summed E-state index contributed by atoms with van der Waals surface area (Å²) in [4.78, 5) is 0. The first kappa shape index (κ1) is 15.9. The molecule has 120 valence electrons. The molecule has 1 saturated carbocycles. The van der Waals surface area contributed by atoms with E-state index in [0.29, 0.717) is 23.9 Å². The van der Waals surface area contributed by atoms with E-state index in [2.05, 4.69) is 27.4 Å². The lowest BCUT2D eigenvalue weighted by Gasteiger charge is -2.32. The maximum absolute atomic E-state index is 10.6. The molecule has 0 atom stereocenters. The Hall–Kier alpha value is -1.96. The van der Waals surface area contributed by atoms with Crippen molar-refractivity contribution < 1.29 is 5.11 Å². The van der Waals surface area contributed by atoms with Gasteiger partial charge in [-0.3, -0.25) is 5.10 Å². The molecule has 1 heterocycles. The Bertz CT molecular complexity index is 736. The van der Waals surface area contributed by atoms with Crippen molar-refractivity contribution in [2.45, 2.75) is 44.2 Å². The molecule has 3 rings (SSSR count). The van der Waals surface area contributed by atoms with Gasteiger partial charge < -0.3 is 10.4 Å². The Labute approximate surface area is 141 Å². The van der Waals surface area contributed by atoms with Crippen LogP contribution in [0.5, 0.6) is 0 Å². The summed E-state index contributed by atoms with van der Waals surface area (Å²) in [5.41, 5.74) is 0.951. The summed E-state index contributed by atoms with van der Waals surface area (Å²) in [6, 6.07) is 9.70. The highest BCUT2D eigenvalue weighted by molar-refractivity contribution is 6.30. The Balaban J connectivity index is 1.59. The minimum atomic E-state index is -0.915. The second kappa shape index (κ2) is 6.66. The summed E-state index contributed by atoms with van der Waals surface area (Å²) < 4.78 is 0. The number of benzene rings is 1. The lowest BCUT2D eigenvalue weighted by molar-refractivity contribution is 0.0576. The van der Waals surface area contributed by atoms with Crippen LogP contribution in [0.4, 0.5) is 5.82 Å². The first-order valence-corrected chi connectivity index (χ1v) is 8.20. The maximum Gasteiger partial charge on any atom is 0.148 e. The van der Waals surface area contributed by atoms with Gasteiger partial charge in [-0.2, -0.15) is 5.10 Å². The third-order valence-corrected chi connectivity index (χ3v) is 4.37. The first-order chi connectivity index (χ1) is 11.0. The molecule has 5 heteroatoms. The van der Waals surface area contributed by atoms with Crippen LogP contribution in [-0.4, -0.2) is 26.9 Å². The monoisotopic (exact) mass is 329 g/mol. The van der Waals surface area contributed by atoms with Gasteiger partial charge in [0.1, 0.15) is 11.4 Å². The number of hydrogen-bond acceptors (Lipinski definition) is 3. The number of nitrogens with one attached hydrogen (secondary N) is 2. The van der Waals surface area contributed by atoms with E-state index < -0.39 is 5.60 Å². The quantitative estimate of drug-likeness (QED) is 0.739. The molecule has 0 saturated heterocycles. The average molecular weight is 330 g/mol. The number of nitrogens with zero attached hydrogens (tertiary/aromatic N) is 1. The molecule has 0 bridgehead atoms. The van der Waals surface area contributed by atoms with Gasteiger partial charge in [0.05, 0.1) is 0 Å². The average Bonchev–Trinajstić information content (AvgIpc) is 2.93. The van der Waals surface area contributed by atoms with E-state index >= 15 is 0 Å². The van der Waals surface area contributed by atoms with E-state index in [1.54, 1.807) is 0 Å². The third kappa shape index (κ3) is 4.28. The summed E-state index contributed by atoms with van der Waals surface area (Å²) in [5.74, 6) is 6.93. The molecule has 2 aromatic rings. The van der Waals surface area contributed by atoms with Crippen LogP contribution in [0, 0.1) is 18.8 Å². The zero-order valence-corrected chi connectivity index (χ0v) is 13.8. The van der Waals surface area contributed by atoms with Crippen molar-refractivity contribution in [3.63, 3.8) is 0 Å². The van der Waals surface area contributed by atoms with Crippen LogP contribution in [0.1, 0.15) is 36.9 Å². The number of H-pyrrole nitrogens is 1. The number of aliphatic hydroxyl groups is 1. The fraction of sp³-hybridized carbons (Fsp3) is 0.389. The lowest BCUT2D eigenvalue weighted by Crippen LogP contribution is -2.37. The molecule has 1 aliphatic carbocycles. The Morgan fingerprint density at radius 2 is 2.13 bits per heavy atom.